The molecule has 0 saturated carbocycles. The quantitative estimate of drug-likeness (QED) is 0.885. The van der Waals surface area contributed by atoms with Gasteiger partial charge in [0.05, 0.1) is 11.4 Å². The lowest BCUT2D eigenvalue weighted by atomic mass is 10.3. The first-order valence-corrected chi connectivity index (χ1v) is 6.40. The molecule has 1 fully saturated rings. The van der Waals surface area contributed by atoms with Gasteiger partial charge in [-0.3, -0.25) is 14.5 Å². The second-order valence-electron chi connectivity index (χ2n) is 3.86. The second kappa shape index (κ2) is 5.22. The number of nitrogens with one attached hydrogen (secondary N) is 1. The summed E-state index contributed by atoms with van der Waals surface area (Å²) >= 11 is 1.42. The van der Waals surface area contributed by atoms with Gasteiger partial charge in [0.25, 0.3) is 0 Å². The Morgan fingerprint density at radius 1 is 1.39 bits per heavy atom. The molecule has 1 saturated heterocycles. The number of thioether (sulfide) groups is 1. The summed E-state index contributed by atoms with van der Waals surface area (Å²) in [6.45, 7) is 1.46. The fourth-order valence-electron chi connectivity index (χ4n) is 1.47. The molecule has 0 spiro atoms. The lowest BCUT2D eigenvalue weighted by molar-refractivity contribution is -0.123. The Morgan fingerprint density at radius 3 is 2.56 bits per heavy atom. The maximum Gasteiger partial charge on any atom is 0.238 e. The smallest absolute Gasteiger partial charge is 0.238 e. The van der Waals surface area contributed by atoms with Crippen LogP contribution in [0.4, 0.5) is 11.4 Å². The zero-order chi connectivity index (χ0) is 13.1. The van der Waals surface area contributed by atoms with Gasteiger partial charge in [0.2, 0.25) is 11.8 Å². The van der Waals surface area contributed by atoms with Crippen molar-refractivity contribution in [3.05, 3.63) is 24.3 Å². The second-order valence-corrected chi connectivity index (χ2v) is 4.81. The van der Waals surface area contributed by atoms with E-state index in [1.165, 1.54) is 18.7 Å². The van der Waals surface area contributed by atoms with Crippen molar-refractivity contribution in [2.75, 3.05) is 18.1 Å². The minimum Gasteiger partial charge on any atom is -0.326 e. The number of nitrogens with zero attached hydrogens (tertiary/aromatic N) is 2. The molecule has 94 valence electrons. The van der Waals surface area contributed by atoms with E-state index in [4.69, 9.17) is 0 Å². The van der Waals surface area contributed by atoms with Crippen LogP contribution >= 0.6 is 11.8 Å². The Hall–Kier alpha value is -1.82. The summed E-state index contributed by atoms with van der Waals surface area (Å²) in [6.07, 6.45) is 0. The van der Waals surface area contributed by atoms with E-state index in [0.29, 0.717) is 10.9 Å². The molecule has 0 bridgehead atoms. The Balaban J connectivity index is 2.13. The van der Waals surface area contributed by atoms with Crippen LogP contribution < -0.4 is 5.32 Å². The first-order chi connectivity index (χ1) is 8.56. The monoisotopic (exact) mass is 263 g/mol. The molecular weight excluding hydrogens is 250 g/mol. The van der Waals surface area contributed by atoms with Crippen LogP contribution in [0.2, 0.25) is 0 Å². The van der Waals surface area contributed by atoms with E-state index in [2.05, 4.69) is 10.3 Å². The SMILES string of the molecule is CC(=O)Nc1ccc(N=C2SCC(=O)N2C)cc1. The minimum absolute atomic E-state index is 0.0635. The van der Waals surface area contributed by atoms with Gasteiger partial charge in [0.1, 0.15) is 0 Å². The van der Waals surface area contributed by atoms with E-state index in [0.717, 1.165) is 11.4 Å². The molecule has 0 aliphatic carbocycles. The number of aliphatic imine (C=N–C) groups is 1. The largest absolute Gasteiger partial charge is 0.326 e. The molecule has 6 heteroatoms. The maximum absolute atomic E-state index is 11.3. The van der Waals surface area contributed by atoms with Crippen LogP contribution in [0, 0.1) is 0 Å². The van der Waals surface area contributed by atoms with Crippen molar-refractivity contribution in [3.63, 3.8) is 0 Å². The molecule has 1 aliphatic heterocycles. The van der Waals surface area contributed by atoms with Crippen molar-refractivity contribution in [1.82, 2.24) is 4.90 Å². The highest BCUT2D eigenvalue weighted by molar-refractivity contribution is 8.15. The summed E-state index contributed by atoms with van der Waals surface area (Å²) in [5.74, 6) is 0.401. The van der Waals surface area contributed by atoms with E-state index in [9.17, 15) is 9.59 Å². The van der Waals surface area contributed by atoms with Crippen LogP contribution in [0.1, 0.15) is 6.92 Å². The van der Waals surface area contributed by atoms with Crippen molar-refractivity contribution < 1.29 is 9.59 Å². The van der Waals surface area contributed by atoms with E-state index in [1.807, 2.05) is 0 Å². The molecule has 2 amide bonds. The third-order valence-electron chi connectivity index (χ3n) is 2.40. The van der Waals surface area contributed by atoms with E-state index in [-0.39, 0.29) is 11.8 Å². The molecule has 0 aromatic heterocycles. The third kappa shape index (κ3) is 2.89. The molecule has 1 heterocycles. The molecular formula is C12H13N3O2S. The van der Waals surface area contributed by atoms with Gasteiger partial charge in [-0.25, -0.2) is 4.99 Å². The molecule has 1 aromatic carbocycles. The summed E-state index contributed by atoms with van der Waals surface area (Å²) in [6, 6.07) is 7.16. The van der Waals surface area contributed by atoms with Gasteiger partial charge in [-0.1, -0.05) is 11.8 Å². The normalized spacial score (nSPS) is 17.3. The molecule has 1 aliphatic rings. The Morgan fingerprint density at radius 2 is 2.06 bits per heavy atom. The van der Waals surface area contributed by atoms with Crippen molar-refractivity contribution >= 4 is 40.1 Å². The number of carbonyl (C=O) groups excluding carboxylic acids is 2. The van der Waals surface area contributed by atoms with Gasteiger partial charge in [0.15, 0.2) is 5.17 Å². The van der Waals surface area contributed by atoms with Gasteiger partial charge in [-0.05, 0) is 24.3 Å². The van der Waals surface area contributed by atoms with Crippen LogP contribution in [0.3, 0.4) is 0 Å². The number of hydrogen-bond acceptors (Lipinski definition) is 4. The van der Waals surface area contributed by atoms with Gasteiger partial charge in [0, 0.05) is 19.7 Å². The van der Waals surface area contributed by atoms with Gasteiger partial charge >= 0.3 is 0 Å². The van der Waals surface area contributed by atoms with Crippen molar-refractivity contribution in [1.29, 1.82) is 0 Å². The standard InChI is InChI=1S/C12H13N3O2S/c1-8(16)13-9-3-5-10(6-4-9)14-12-15(2)11(17)7-18-12/h3-6H,7H2,1-2H3,(H,13,16). The molecule has 0 unspecified atom stereocenters. The zero-order valence-electron chi connectivity index (χ0n) is 10.1. The minimum atomic E-state index is -0.106. The maximum atomic E-state index is 11.3. The van der Waals surface area contributed by atoms with Crippen molar-refractivity contribution in [3.8, 4) is 0 Å². The highest BCUT2D eigenvalue weighted by Crippen LogP contribution is 2.23. The molecule has 0 radical (unpaired) electrons. The fraction of sp³-hybridized carbons (Fsp3) is 0.250. The lowest BCUT2D eigenvalue weighted by Crippen LogP contribution is -2.24. The fourth-order valence-corrected chi connectivity index (χ4v) is 2.38. The Labute approximate surface area is 109 Å². The first-order valence-electron chi connectivity index (χ1n) is 5.42. The molecule has 0 atom stereocenters. The lowest BCUT2D eigenvalue weighted by Gasteiger charge is -2.08. The summed E-state index contributed by atoms with van der Waals surface area (Å²) in [5, 5.41) is 3.39. The summed E-state index contributed by atoms with van der Waals surface area (Å²) in [5.41, 5.74) is 1.49. The number of amides is 2. The number of rotatable bonds is 2. The first kappa shape index (κ1) is 12.6. The molecule has 2 rings (SSSR count). The predicted octanol–water partition coefficient (Wildman–Crippen LogP) is 1.84. The van der Waals surface area contributed by atoms with E-state index >= 15 is 0 Å². The van der Waals surface area contributed by atoms with Crippen LogP contribution in [0.25, 0.3) is 0 Å². The molecule has 5 nitrogen and oxygen atoms in total. The Bertz CT molecular complexity index is 511. The average Bonchev–Trinajstić information content (AvgIpc) is 2.63. The van der Waals surface area contributed by atoms with Crippen molar-refractivity contribution in [2.24, 2.45) is 4.99 Å². The number of carbonyl (C=O) groups is 2. The Kier molecular flexibility index (Phi) is 3.66. The van der Waals surface area contributed by atoms with Gasteiger partial charge in [-0.15, -0.1) is 0 Å². The summed E-state index contributed by atoms with van der Waals surface area (Å²) in [4.78, 5) is 28.1. The summed E-state index contributed by atoms with van der Waals surface area (Å²) < 4.78 is 0. The van der Waals surface area contributed by atoms with E-state index in [1.54, 1.807) is 36.2 Å². The van der Waals surface area contributed by atoms with Crippen LogP contribution in [-0.4, -0.2) is 34.7 Å². The molecule has 18 heavy (non-hydrogen) atoms. The van der Waals surface area contributed by atoms with Crippen LogP contribution in [0.5, 0.6) is 0 Å². The van der Waals surface area contributed by atoms with Gasteiger partial charge < -0.3 is 5.32 Å². The topological polar surface area (TPSA) is 61.8 Å². The van der Waals surface area contributed by atoms with E-state index < -0.39 is 0 Å². The van der Waals surface area contributed by atoms with Crippen molar-refractivity contribution in [2.45, 2.75) is 6.92 Å². The number of amidine groups is 1. The zero-order valence-corrected chi connectivity index (χ0v) is 11.0. The third-order valence-corrected chi connectivity index (χ3v) is 3.41. The molecule has 1 aromatic rings. The van der Waals surface area contributed by atoms with Gasteiger partial charge in [-0.2, -0.15) is 0 Å². The summed E-state index contributed by atoms with van der Waals surface area (Å²) in [7, 11) is 1.72. The average molecular weight is 263 g/mol. The number of anilines is 1. The predicted molar refractivity (Wildman–Crippen MR) is 73.1 cm³/mol. The van der Waals surface area contributed by atoms with Crippen LogP contribution in [-0.2, 0) is 9.59 Å². The highest BCUT2D eigenvalue weighted by atomic mass is 32.2. The number of hydrogen-bond donors (Lipinski definition) is 1. The molecule has 1 N–H and O–H groups in total. The van der Waals surface area contributed by atoms with Crippen LogP contribution in [0.15, 0.2) is 29.3 Å². The number of benzene rings is 1. The highest BCUT2D eigenvalue weighted by Gasteiger charge is 2.23.